The molecule has 0 bridgehead atoms. The lowest BCUT2D eigenvalue weighted by molar-refractivity contribution is 0.0966. The fourth-order valence-electron chi connectivity index (χ4n) is 5.12. The highest BCUT2D eigenvalue weighted by atomic mass is 16.3. The van der Waals surface area contributed by atoms with Crippen LogP contribution in [0.5, 0.6) is 5.75 Å². The van der Waals surface area contributed by atoms with Gasteiger partial charge in [-0.1, -0.05) is 30.4 Å². The van der Waals surface area contributed by atoms with Crippen LogP contribution in [-0.4, -0.2) is 17.1 Å². The van der Waals surface area contributed by atoms with Crippen LogP contribution < -0.4 is 10.6 Å². The van der Waals surface area contributed by atoms with E-state index in [2.05, 4.69) is 34.9 Å². The first-order valence-corrected chi connectivity index (χ1v) is 9.16. The Hall–Kier alpha value is -3.01. The number of carbonyl (C=O) groups is 1. The largest absolute Gasteiger partial charge is 0.508 e. The quantitative estimate of drug-likeness (QED) is 0.688. The van der Waals surface area contributed by atoms with Gasteiger partial charge in [-0.25, -0.2) is 0 Å². The molecule has 2 unspecified atom stereocenters. The lowest BCUT2D eigenvalue weighted by atomic mass is 9.77. The van der Waals surface area contributed by atoms with Gasteiger partial charge in [-0.05, 0) is 52.8 Å². The maximum Gasteiger partial charge on any atom is 0.252 e. The summed E-state index contributed by atoms with van der Waals surface area (Å²) < 4.78 is 0. The Morgan fingerprint density at radius 2 is 1.92 bits per heavy atom. The molecule has 0 radical (unpaired) electrons. The van der Waals surface area contributed by atoms with Crippen molar-refractivity contribution < 1.29 is 9.90 Å². The SMILES string of the molecule is O=C1NCc2c1c1c(c3c2C2C=CC=CC2N3)CCc2cc(O)ccc2-1. The number of hydrogen-bond acceptors (Lipinski definition) is 3. The average molecular weight is 342 g/mol. The minimum Gasteiger partial charge on any atom is -0.508 e. The lowest BCUT2D eigenvalue weighted by Gasteiger charge is -2.25. The number of fused-ring (bicyclic) bond motifs is 10. The molecule has 2 aliphatic carbocycles. The highest BCUT2D eigenvalue weighted by Crippen LogP contribution is 2.51. The van der Waals surface area contributed by atoms with Crippen LogP contribution in [0.4, 0.5) is 5.69 Å². The molecular formula is C22H18N2O2. The molecule has 128 valence electrons. The smallest absolute Gasteiger partial charge is 0.252 e. The molecule has 0 spiro atoms. The molecule has 0 saturated heterocycles. The lowest BCUT2D eigenvalue weighted by Crippen LogP contribution is -2.18. The van der Waals surface area contributed by atoms with E-state index in [1.165, 1.54) is 16.8 Å². The van der Waals surface area contributed by atoms with E-state index in [0.29, 0.717) is 12.5 Å². The highest BCUT2D eigenvalue weighted by molar-refractivity contribution is 6.08. The van der Waals surface area contributed by atoms with Gasteiger partial charge in [0.1, 0.15) is 5.75 Å². The third-order valence-electron chi connectivity index (χ3n) is 6.18. The summed E-state index contributed by atoms with van der Waals surface area (Å²) in [5.74, 6) is 0.607. The number of allylic oxidation sites excluding steroid dienone is 2. The van der Waals surface area contributed by atoms with Crippen molar-refractivity contribution >= 4 is 11.6 Å². The van der Waals surface area contributed by atoms with Crippen molar-refractivity contribution in [1.29, 1.82) is 0 Å². The molecule has 4 nitrogen and oxygen atoms in total. The van der Waals surface area contributed by atoms with Crippen molar-refractivity contribution in [3.8, 4) is 16.9 Å². The van der Waals surface area contributed by atoms with E-state index in [-0.39, 0.29) is 17.7 Å². The van der Waals surface area contributed by atoms with Crippen molar-refractivity contribution in [2.24, 2.45) is 0 Å². The number of hydrogen-bond donors (Lipinski definition) is 3. The summed E-state index contributed by atoms with van der Waals surface area (Å²) >= 11 is 0. The second kappa shape index (κ2) is 4.79. The zero-order valence-electron chi connectivity index (χ0n) is 14.2. The Labute approximate surface area is 151 Å². The molecule has 26 heavy (non-hydrogen) atoms. The van der Waals surface area contributed by atoms with Crippen LogP contribution in [0.25, 0.3) is 11.1 Å². The molecule has 2 aliphatic heterocycles. The van der Waals surface area contributed by atoms with E-state index in [0.717, 1.165) is 40.7 Å². The molecule has 6 rings (SSSR count). The van der Waals surface area contributed by atoms with Gasteiger partial charge in [0.25, 0.3) is 5.91 Å². The first-order chi connectivity index (χ1) is 12.7. The number of anilines is 1. The molecule has 0 aromatic heterocycles. The normalized spacial score (nSPS) is 23.5. The Morgan fingerprint density at radius 1 is 1.04 bits per heavy atom. The molecule has 1 amide bonds. The first kappa shape index (κ1) is 14.2. The van der Waals surface area contributed by atoms with E-state index in [1.54, 1.807) is 6.07 Å². The number of carbonyl (C=O) groups excluding carboxylic acids is 1. The number of aromatic hydroxyl groups is 1. The van der Waals surface area contributed by atoms with Crippen LogP contribution in [0.2, 0.25) is 0 Å². The summed E-state index contributed by atoms with van der Waals surface area (Å²) in [5, 5.41) is 16.6. The Morgan fingerprint density at radius 3 is 2.85 bits per heavy atom. The average Bonchev–Trinajstić information content (AvgIpc) is 3.22. The van der Waals surface area contributed by atoms with Crippen LogP contribution in [0.3, 0.4) is 0 Å². The maximum absolute atomic E-state index is 12.8. The summed E-state index contributed by atoms with van der Waals surface area (Å²) in [7, 11) is 0. The number of benzene rings is 2. The molecule has 0 fully saturated rings. The summed E-state index contributed by atoms with van der Waals surface area (Å²) in [5.41, 5.74) is 9.03. The summed E-state index contributed by atoms with van der Waals surface area (Å²) in [6.45, 7) is 0.597. The zero-order chi connectivity index (χ0) is 17.4. The molecule has 3 N–H and O–H groups in total. The van der Waals surface area contributed by atoms with Crippen molar-refractivity contribution in [2.45, 2.75) is 31.3 Å². The standard InChI is InChI=1S/C22H18N2O2/c25-12-6-8-13-11(9-12)5-7-15-18(13)20-16(10-23-22(20)26)19-14-3-1-2-4-17(14)24-21(15)19/h1-4,6,8-9,14,17,24-25H,5,7,10H2,(H,23,26). The third-order valence-corrected chi connectivity index (χ3v) is 6.18. The van der Waals surface area contributed by atoms with Crippen LogP contribution in [-0.2, 0) is 19.4 Å². The van der Waals surface area contributed by atoms with Gasteiger partial charge in [0.05, 0.1) is 11.6 Å². The predicted octanol–water partition coefficient (Wildman–Crippen LogP) is 3.40. The van der Waals surface area contributed by atoms with Gasteiger partial charge in [-0.15, -0.1) is 0 Å². The van der Waals surface area contributed by atoms with Gasteiger partial charge in [0.2, 0.25) is 0 Å². The van der Waals surface area contributed by atoms with Gasteiger partial charge in [-0.2, -0.15) is 0 Å². The molecule has 2 heterocycles. The van der Waals surface area contributed by atoms with E-state index in [9.17, 15) is 9.90 Å². The van der Waals surface area contributed by atoms with Crippen LogP contribution in [0.1, 0.15) is 38.5 Å². The fourth-order valence-corrected chi connectivity index (χ4v) is 5.12. The molecule has 2 aromatic rings. The van der Waals surface area contributed by atoms with Crippen molar-refractivity contribution in [3.63, 3.8) is 0 Å². The number of aryl methyl sites for hydroxylation is 1. The Balaban J connectivity index is 1.70. The first-order valence-electron chi connectivity index (χ1n) is 9.16. The van der Waals surface area contributed by atoms with Crippen molar-refractivity contribution in [2.75, 3.05) is 5.32 Å². The van der Waals surface area contributed by atoms with Gasteiger partial charge in [-0.3, -0.25) is 4.79 Å². The molecule has 4 heteroatoms. The van der Waals surface area contributed by atoms with Crippen LogP contribution in [0, 0.1) is 0 Å². The van der Waals surface area contributed by atoms with Gasteiger partial charge < -0.3 is 15.7 Å². The van der Waals surface area contributed by atoms with Gasteiger partial charge in [0.15, 0.2) is 0 Å². The van der Waals surface area contributed by atoms with E-state index in [4.69, 9.17) is 0 Å². The summed E-state index contributed by atoms with van der Waals surface area (Å²) in [6, 6.07) is 5.79. The maximum atomic E-state index is 12.8. The second-order valence-electron chi connectivity index (χ2n) is 7.49. The van der Waals surface area contributed by atoms with E-state index < -0.39 is 0 Å². The molecule has 2 aromatic carbocycles. The number of rotatable bonds is 0. The van der Waals surface area contributed by atoms with Crippen LogP contribution >= 0.6 is 0 Å². The van der Waals surface area contributed by atoms with Gasteiger partial charge >= 0.3 is 0 Å². The van der Waals surface area contributed by atoms with Crippen molar-refractivity contribution in [3.05, 3.63) is 70.3 Å². The summed E-state index contributed by atoms with van der Waals surface area (Å²) in [4.78, 5) is 12.8. The molecule has 4 aliphatic rings. The Kier molecular flexibility index (Phi) is 2.61. The monoisotopic (exact) mass is 342 g/mol. The second-order valence-corrected chi connectivity index (χ2v) is 7.49. The number of amides is 1. The van der Waals surface area contributed by atoms with E-state index in [1.807, 2.05) is 12.1 Å². The number of phenols is 1. The van der Waals surface area contributed by atoms with E-state index >= 15 is 0 Å². The number of nitrogens with one attached hydrogen (secondary N) is 2. The number of phenolic OH excluding ortho intramolecular Hbond substituents is 1. The predicted molar refractivity (Wildman–Crippen MR) is 101 cm³/mol. The molecule has 2 atom stereocenters. The topological polar surface area (TPSA) is 61.4 Å². The van der Waals surface area contributed by atoms with Crippen molar-refractivity contribution in [1.82, 2.24) is 5.32 Å². The highest BCUT2D eigenvalue weighted by Gasteiger charge is 2.41. The summed E-state index contributed by atoms with van der Waals surface area (Å²) in [6.07, 6.45) is 10.4. The molecule has 0 saturated carbocycles. The van der Waals surface area contributed by atoms with Gasteiger partial charge in [0, 0.05) is 23.7 Å². The Bertz CT molecular complexity index is 1060. The minimum absolute atomic E-state index is 0.0266. The molecular weight excluding hydrogens is 324 g/mol. The minimum atomic E-state index is 0.0266. The fraction of sp³-hybridized carbons (Fsp3) is 0.227. The van der Waals surface area contributed by atoms with Crippen LogP contribution in [0.15, 0.2) is 42.5 Å². The third kappa shape index (κ3) is 1.66. The zero-order valence-corrected chi connectivity index (χ0v) is 14.2.